The average molecular weight is 513 g/mol. The molecule has 0 unspecified atom stereocenters. The van der Waals surface area contributed by atoms with Gasteiger partial charge in [-0.25, -0.2) is 13.6 Å². The summed E-state index contributed by atoms with van der Waals surface area (Å²) in [6.07, 6.45) is 0.543. The number of aliphatic hydroxyl groups excluding tert-OH is 1. The Hall–Kier alpha value is -2.26. The molecule has 204 valence electrons. The molecule has 1 heterocycles. The predicted octanol–water partition coefficient (Wildman–Crippen LogP) is 4.59. The van der Waals surface area contributed by atoms with Crippen LogP contribution in [0, 0.1) is 17.0 Å². The molecule has 9 heteroatoms. The van der Waals surface area contributed by atoms with Gasteiger partial charge >= 0.3 is 6.09 Å². The normalized spacial score (nSPS) is 20.6. The number of hydrogen-bond acceptors (Lipinski definition) is 5. The fourth-order valence-corrected chi connectivity index (χ4v) is 4.35. The van der Waals surface area contributed by atoms with Crippen LogP contribution >= 0.6 is 0 Å². The number of carbonyl (C=O) groups is 2. The zero-order valence-electron chi connectivity index (χ0n) is 22.6. The molecule has 1 aliphatic rings. The highest BCUT2D eigenvalue weighted by molar-refractivity contribution is 5.73. The summed E-state index contributed by atoms with van der Waals surface area (Å²) in [7, 11) is 0. The first-order chi connectivity index (χ1) is 16.5. The molecule has 1 aliphatic heterocycles. The van der Waals surface area contributed by atoms with E-state index in [0.717, 1.165) is 37.5 Å². The molecule has 1 aromatic carbocycles. The zero-order chi connectivity index (χ0) is 27.3. The first kappa shape index (κ1) is 30.0. The molecule has 36 heavy (non-hydrogen) atoms. The van der Waals surface area contributed by atoms with Crippen molar-refractivity contribution in [2.75, 3.05) is 13.2 Å². The second-order valence-electron chi connectivity index (χ2n) is 11.9. The number of aliphatic hydroxyl groups is 1. The standard InChI is InChI=1S/C27H42F2N2O5/c1-17(32)30-22(13-18-11-19(28)14-20(29)12-18)24(33)23-16-35-21(9-8-10-26(2,3)4)15-31(23)25(34)36-27(5,6)7/h11-12,14,21-24,33H,8-10,13,15-16H2,1-7H3,(H,30,32)/t21-,22+,23-,24+/m0/s1. The molecule has 2 amide bonds. The molecule has 0 spiro atoms. The maximum absolute atomic E-state index is 13.8. The van der Waals surface area contributed by atoms with E-state index < -0.39 is 47.4 Å². The molecule has 2 rings (SSSR count). The largest absolute Gasteiger partial charge is 0.444 e. The fraction of sp³-hybridized carbons (Fsp3) is 0.704. The van der Waals surface area contributed by atoms with Gasteiger partial charge in [0.25, 0.3) is 0 Å². The van der Waals surface area contributed by atoms with Gasteiger partial charge in [-0.3, -0.25) is 9.69 Å². The fourth-order valence-electron chi connectivity index (χ4n) is 4.35. The monoisotopic (exact) mass is 512 g/mol. The quantitative estimate of drug-likeness (QED) is 0.532. The van der Waals surface area contributed by atoms with Crippen LogP contribution in [0.25, 0.3) is 0 Å². The van der Waals surface area contributed by atoms with Crippen LogP contribution in [0.4, 0.5) is 13.6 Å². The number of rotatable bonds is 8. The number of ether oxygens (including phenoxy) is 2. The molecule has 7 nitrogen and oxygen atoms in total. The lowest BCUT2D eigenvalue weighted by Crippen LogP contribution is -2.62. The SMILES string of the molecule is CC(=O)N[C@H](Cc1cc(F)cc(F)c1)[C@@H](O)[C@@H]1CO[C@@H](CCCC(C)(C)C)CN1C(=O)OC(C)(C)C. The summed E-state index contributed by atoms with van der Waals surface area (Å²) < 4.78 is 39.2. The zero-order valence-corrected chi connectivity index (χ0v) is 22.6. The van der Waals surface area contributed by atoms with Crippen molar-refractivity contribution in [3.8, 4) is 0 Å². The van der Waals surface area contributed by atoms with Gasteiger partial charge in [0.1, 0.15) is 17.2 Å². The van der Waals surface area contributed by atoms with Crippen molar-refractivity contribution in [2.24, 2.45) is 5.41 Å². The van der Waals surface area contributed by atoms with Crippen LogP contribution < -0.4 is 5.32 Å². The topological polar surface area (TPSA) is 88.1 Å². The van der Waals surface area contributed by atoms with Crippen LogP contribution in [-0.4, -0.2) is 65.1 Å². The van der Waals surface area contributed by atoms with Crippen molar-refractivity contribution in [1.29, 1.82) is 0 Å². The Morgan fingerprint density at radius 3 is 2.31 bits per heavy atom. The highest BCUT2D eigenvalue weighted by Gasteiger charge is 2.41. The van der Waals surface area contributed by atoms with Crippen LogP contribution in [0.15, 0.2) is 18.2 Å². The summed E-state index contributed by atoms with van der Waals surface area (Å²) in [6, 6.07) is 1.32. The van der Waals surface area contributed by atoms with Gasteiger partial charge in [-0.1, -0.05) is 27.2 Å². The number of amides is 2. The summed E-state index contributed by atoms with van der Waals surface area (Å²) in [6.45, 7) is 13.3. The van der Waals surface area contributed by atoms with Crippen molar-refractivity contribution in [3.05, 3.63) is 35.4 Å². The predicted molar refractivity (Wildman–Crippen MR) is 133 cm³/mol. The molecule has 1 fully saturated rings. The molecular formula is C27H42F2N2O5. The van der Waals surface area contributed by atoms with Gasteiger partial charge in [-0.05, 0) is 63.1 Å². The van der Waals surface area contributed by atoms with Gasteiger partial charge in [0, 0.05) is 13.0 Å². The van der Waals surface area contributed by atoms with Gasteiger partial charge in [-0.2, -0.15) is 0 Å². The van der Waals surface area contributed by atoms with E-state index in [1.807, 2.05) is 0 Å². The van der Waals surface area contributed by atoms with Gasteiger partial charge in [0.2, 0.25) is 5.91 Å². The van der Waals surface area contributed by atoms with Crippen molar-refractivity contribution in [2.45, 2.75) is 104 Å². The third-order valence-electron chi connectivity index (χ3n) is 5.96. The van der Waals surface area contributed by atoms with E-state index >= 15 is 0 Å². The molecule has 1 saturated heterocycles. The van der Waals surface area contributed by atoms with E-state index in [1.165, 1.54) is 11.8 Å². The van der Waals surface area contributed by atoms with Crippen LogP contribution in [0.1, 0.15) is 73.3 Å². The Morgan fingerprint density at radius 1 is 1.17 bits per heavy atom. The Morgan fingerprint density at radius 2 is 1.78 bits per heavy atom. The minimum atomic E-state index is -1.27. The number of halogens is 2. The van der Waals surface area contributed by atoms with Gasteiger partial charge in [0.05, 0.1) is 37.4 Å². The minimum Gasteiger partial charge on any atom is -0.444 e. The van der Waals surface area contributed by atoms with Crippen LogP contribution in [-0.2, 0) is 20.7 Å². The highest BCUT2D eigenvalue weighted by Crippen LogP contribution is 2.27. The third kappa shape index (κ3) is 10.0. The van der Waals surface area contributed by atoms with E-state index in [2.05, 4.69) is 26.1 Å². The van der Waals surface area contributed by atoms with E-state index in [4.69, 9.17) is 9.47 Å². The molecular weight excluding hydrogens is 470 g/mol. The lowest BCUT2D eigenvalue weighted by atomic mass is 9.89. The van der Waals surface area contributed by atoms with Crippen molar-refractivity contribution >= 4 is 12.0 Å². The van der Waals surface area contributed by atoms with E-state index in [9.17, 15) is 23.5 Å². The number of nitrogens with one attached hydrogen (secondary N) is 1. The first-order valence-corrected chi connectivity index (χ1v) is 12.6. The molecule has 0 bridgehead atoms. The van der Waals surface area contributed by atoms with Gasteiger partial charge in [-0.15, -0.1) is 0 Å². The van der Waals surface area contributed by atoms with Crippen molar-refractivity contribution in [1.82, 2.24) is 10.2 Å². The molecule has 2 N–H and O–H groups in total. The first-order valence-electron chi connectivity index (χ1n) is 12.6. The Labute approximate surface area is 213 Å². The van der Waals surface area contributed by atoms with Gasteiger partial charge in [0.15, 0.2) is 0 Å². The Kier molecular flexibility index (Phi) is 10.3. The van der Waals surface area contributed by atoms with Crippen LogP contribution in [0.3, 0.4) is 0 Å². The number of hydrogen-bond donors (Lipinski definition) is 2. The number of carbonyl (C=O) groups excluding carboxylic acids is 2. The van der Waals surface area contributed by atoms with E-state index in [0.29, 0.717) is 0 Å². The Balaban J connectivity index is 2.25. The molecule has 0 saturated carbocycles. The molecule has 1 aromatic rings. The lowest BCUT2D eigenvalue weighted by molar-refractivity contribution is -0.124. The average Bonchev–Trinajstić information content (AvgIpc) is 2.69. The van der Waals surface area contributed by atoms with Crippen LogP contribution in [0.5, 0.6) is 0 Å². The number of morpholine rings is 1. The lowest BCUT2D eigenvalue weighted by Gasteiger charge is -2.43. The summed E-state index contributed by atoms with van der Waals surface area (Å²) in [5, 5.41) is 14.0. The minimum absolute atomic E-state index is 0.0359. The number of nitrogens with zero attached hydrogens (tertiary/aromatic N) is 1. The summed E-state index contributed by atoms with van der Waals surface area (Å²) >= 11 is 0. The van der Waals surface area contributed by atoms with Crippen molar-refractivity contribution in [3.63, 3.8) is 0 Å². The summed E-state index contributed by atoms with van der Waals surface area (Å²) in [5.41, 5.74) is -0.297. The van der Waals surface area contributed by atoms with Crippen molar-refractivity contribution < 1.29 is 33.0 Å². The Bertz CT molecular complexity index is 877. The maximum atomic E-state index is 13.8. The van der Waals surface area contributed by atoms with E-state index in [-0.39, 0.29) is 36.7 Å². The second-order valence-corrected chi connectivity index (χ2v) is 11.9. The second kappa shape index (κ2) is 12.3. The molecule has 4 atom stereocenters. The smallest absolute Gasteiger partial charge is 0.410 e. The highest BCUT2D eigenvalue weighted by atomic mass is 19.1. The summed E-state index contributed by atoms with van der Waals surface area (Å²) in [5.74, 6) is -1.93. The van der Waals surface area contributed by atoms with Gasteiger partial charge < -0.3 is 19.9 Å². The maximum Gasteiger partial charge on any atom is 0.410 e. The van der Waals surface area contributed by atoms with Crippen LogP contribution in [0.2, 0.25) is 0 Å². The molecule has 0 aromatic heterocycles. The number of benzene rings is 1. The van der Waals surface area contributed by atoms with E-state index in [1.54, 1.807) is 20.8 Å². The third-order valence-corrected chi connectivity index (χ3v) is 5.96. The summed E-state index contributed by atoms with van der Waals surface area (Å²) in [4.78, 5) is 26.5. The molecule has 0 radical (unpaired) electrons. The molecule has 0 aliphatic carbocycles.